The van der Waals surface area contributed by atoms with Crippen molar-refractivity contribution in [2.75, 3.05) is 39.6 Å². The Kier molecular flexibility index (Phi) is 24.8. The van der Waals surface area contributed by atoms with Crippen LogP contribution in [0.3, 0.4) is 0 Å². The number of unbranched alkanes of at least 4 members (excludes halogenated alkanes) is 11. The molecule has 11 nitrogen and oxygen atoms in total. The first-order chi connectivity index (χ1) is 18.4. The number of nitrogens with one attached hydrogen (secondary N) is 2. The molecule has 0 unspecified atom stereocenters. The van der Waals surface area contributed by atoms with Gasteiger partial charge in [-0.25, -0.2) is 4.79 Å². The number of carboxylic acids is 2. The summed E-state index contributed by atoms with van der Waals surface area (Å²) in [5.74, 6) is -2.48. The number of rotatable bonds is 28. The Bertz CT molecular complexity index is 632. The zero-order valence-electron chi connectivity index (χ0n) is 22.9. The molecule has 11 heteroatoms. The minimum atomic E-state index is -1.15. The highest BCUT2D eigenvalue weighted by atomic mass is 16.5. The normalized spacial score (nSPS) is 11.7. The maximum absolute atomic E-state index is 12.1. The van der Waals surface area contributed by atoms with Crippen LogP contribution in [0.1, 0.15) is 103 Å². The van der Waals surface area contributed by atoms with Crippen LogP contribution >= 0.6 is 0 Å². The van der Waals surface area contributed by atoms with Gasteiger partial charge in [-0.2, -0.15) is 0 Å². The molecule has 0 saturated carbocycles. The fraction of sp³-hybridized carbons (Fsp3) is 0.852. The molecule has 0 radical (unpaired) electrons. The number of carboxylic acid groups (broad SMARTS) is 2. The fourth-order valence-corrected chi connectivity index (χ4v) is 3.87. The maximum Gasteiger partial charge on any atom is 0.326 e. The highest BCUT2D eigenvalue weighted by Crippen LogP contribution is 2.13. The lowest BCUT2D eigenvalue weighted by Gasteiger charge is -2.14. The number of carbonyl (C=O) groups excluding carboxylic acids is 2. The third-order valence-electron chi connectivity index (χ3n) is 6.01. The Hall–Kier alpha value is -2.24. The SMILES string of the molecule is O=C(O)CCCCCCCCCCCCCCC(=O)N[C@@H](CCC(=O)NCCOCCOCCO)C(=O)O. The van der Waals surface area contributed by atoms with E-state index in [4.69, 9.17) is 19.7 Å². The zero-order valence-corrected chi connectivity index (χ0v) is 22.9. The lowest BCUT2D eigenvalue weighted by atomic mass is 10.0. The van der Waals surface area contributed by atoms with Crippen molar-refractivity contribution in [2.45, 2.75) is 109 Å². The molecule has 0 bridgehead atoms. The molecule has 0 spiro atoms. The van der Waals surface area contributed by atoms with Crippen LogP contribution in [0.25, 0.3) is 0 Å². The quantitative estimate of drug-likeness (QED) is 0.0925. The summed E-state index contributed by atoms with van der Waals surface area (Å²) in [5.41, 5.74) is 0. The van der Waals surface area contributed by atoms with Gasteiger partial charge in [-0.15, -0.1) is 0 Å². The van der Waals surface area contributed by atoms with E-state index in [1.54, 1.807) is 0 Å². The summed E-state index contributed by atoms with van der Waals surface area (Å²) >= 11 is 0. The van der Waals surface area contributed by atoms with Crippen molar-refractivity contribution in [3.05, 3.63) is 0 Å². The van der Waals surface area contributed by atoms with Gasteiger partial charge in [0.1, 0.15) is 6.04 Å². The molecule has 38 heavy (non-hydrogen) atoms. The van der Waals surface area contributed by atoms with Gasteiger partial charge in [0.2, 0.25) is 11.8 Å². The summed E-state index contributed by atoms with van der Waals surface area (Å²) in [6.45, 7) is 1.50. The molecule has 2 amide bonds. The summed E-state index contributed by atoms with van der Waals surface area (Å²) in [4.78, 5) is 45.9. The third-order valence-corrected chi connectivity index (χ3v) is 6.01. The van der Waals surface area contributed by atoms with Crippen LogP contribution in [-0.4, -0.2) is 84.7 Å². The van der Waals surface area contributed by atoms with Gasteiger partial charge in [-0.1, -0.05) is 64.2 Å². The molecule has 0 aromatic heterocycles. The topological polar surface area (TPSA) is 171 Å². The average molecular weight is 547 g/mol. The molecule has 0 aliphatic heterocycles. The van der Waals surface area contributed by atoms with E-state index in [1.807, 2.05) is 0 Å². The molecule has 1 atom stereocenters. The number of aliphatic hydroxyl groups is 1. The minimum absolute atomic E-state index is 0.0123. The first kappa shape index (κ1) is 35.8. The van der Waals surface area contributed by atoms with E-state index in [0.717, 1.165) is 44.9 Å². The predicted octanol–water partition coefficient (Wildman–Crippen LogP) is 3.02. The molecule has 0 aliphatic rings. The van der Waals surface area contributed by atoms with Gasteiger partial charge in [0.05, 0.1) is 33.0 Å². The van der Waals surface area contributed by atoms with Crippen molar-refractivity contribution in [3.8, 4) is 0 Å². The molecule has 0 aromatic carbocycles. The van der Waals surface area contributed by atoms with Crippen LogP contribution in [0.2, 0.25) is 0 Å². The summed E-state index contributed by atoms with van der Waals surface area (Å²) in [6.07, 6.45) is 13.1. The van der Waals surface area contributed by atoms with Gasteiger partial charge < -0.3 is 35.4 Å². The Morgan fingerprint density at radius 2 is 1.11 bits per heavy atom. The van der Waals surface area contributed by atoms with Crippen LogP contribution in [-0.2, 0) is 28.7 Å². The highest BCUT2D eigenvalue weighted by Gasteiger charge is 2.20. The van der Waals surface area contributed by atoms with Crippen molar-refractivity contribution < 1.29 is 44.0 Å². The molecule has 0 rings (SSSR count). The van der Waals surface area contributed by atoms with Crippen LogP contribution < -0.4 is 10.6 Å². The summed E-state index contributed by atoms with van der Waals surface area (Å²) in [5, 5.41) is 31.7. The van der Waals surface area contributed by atoms with Crippen molar-refractivity contribution in [1.82, 2.24) is 10.6 Å². The molecule has 0 saturated heterocycles. The number of hydrogen-bond donors (Lipinski definition) is 5. The lowest BCUT2D eigenvalue weighted by Crippen LogP contribution is -2.41. The second kappa shape index (κ2) is 26.4. The highest BCUT2D eigenvalue weighted by molar-refractivity contribution is 5.84. The predicted molar refractivity (Wildman–Crippen MR) is 143 cm³/mol. The van der Waals surface area contributed by atoms with E-state index in [9.17, 15) is 24.3 Å². The zero-order chi connectivity index (χ0) is 28.3. The Morgan fingerprint density at radius 3 is 1.61 bits per heavy atom. The molecule has 0 aromatic rings. The summed E-state index contributed by atoms with van der Waals surface area (Å²) in [7, 11) is 0. The smallest absolute Gasteiger partial charge is 0.326 e. The second-order valence-corrected chi connectivity index (χ2v) is 9.43. The van der Waals surface area contributed by atoms with Crippen LogP contribution in [0.15, 0.2) is 0 Å². The first-order valence-corrected chi connectivity index (χ1v) is 14.1. The molecule has 5 N–H and O–H groups in total. The summed E-state index contributed by atoms with van der Waals surface area (Å²) in [6, 6.07) is -1.09. The van der Waals surface area contributed by atoms with Gasteiger partial charge in [0, 0.05) is 25.8 Å². The van der Waals surface area contributed by atoms with Crippen LogP contribution in [0, 0.1) is 0 Å². The Balaban J connectivity index is 3.68. The molecule has 0 heterocycles. The maximum atomic E-state index is 12.1. The number of aliphatic carboxylic acids is 2. The lowest BCUT2D eigenvalue weighted by molar-refractivity contribution is -0.142. The van der Waals surface area contributed by atoms with Gasteiger partial charge in [-0.05, 0) is 19.3 Å². The molecular weight excluding hydrogens is 496 g/mol. The summed E-state index contributed by atoms with van der Waals surface area (Å²) < 4.78 is 10.3. The van der Waals surface area contributed by atoms with Crippen molar-refractivity contribution >= 4 is 23.8 Å². The number of hydrogen-bond acceptors (Lipinski definition) is 7. The standard InChI is InChI=1S/C27H50N2O9/c30-18-20-38-22-21-37-19-17-28-24(31)16-15-23(27(35)36)29-25(32)13-11-9-7-5-3-1-2-4-6-8-10-12-14-26(33)34/h23,30H,1-22H2,(H,28,31)(H,29,32)(H,33,34)(H,35,36)/t23-/m0/s1. The monoisotopic (exact) mass is 546 g/mol. The van der Waals surface area contributed by atoms with E-state index in [1.165, 1.54) is 25.7 Å². The van der Waals surface area contributed by atoms with Gasteiger partial charge in [0.15, 0.2) is 0 Å². The first-order valence-electron chi connectivity index (χ1n) is 14.1. The van der Waals surface area contributed by atoms with E-state index in [0.29, 0.717) is 32.8 Å². The number of carbonyl (C=O) groups is 4. The minimum Gasteiger partial charge on any atom is -0.481 e. The molecule has 0 fully saturated rings. The van der Waals surface area contributed by atoms with Gasteiger partial charge in [-0.3, -0.25) is 14.4 Å². The number of aliphatic hydroxyl groups excluding tert-OH is 1. The molecule has 222 valence electrons. The van der Waals surface area contributed by atoms with E-state index >= 15 is 0 Å². The van der Waals surface area contributed by atoms with Gasteiger partial charge in [0.25, 0.3) is 0 Å². The molecule has 0 aliphatic carbocycles. The van der Waals surface area contributed by atoms with E-state index in [2.05, 4.69) is 10.6 Å². The fourth-order valence-electron chi connectivity index (χ4n) is 3.87. The van der Waals surface area contributed by atoms with Crippen molar-refractivity contribution in [2.24, 2.45) is 0 Å². The number of ether oxygens (including phenoxy) is 2. The third kappa shape index (κ3) is 25.4. The van der Waals surface area contributed by atoms with E-state index < -0.39 is 18.0 Å². The average Bonchev–Trinajstić information content (AvgIpc) is 2.87. The van der Waals surface area contributed by atoms with E-state index in [-0.39, 0.29) is 50.7 Å². The number of amides is 2. The van der Waals surface area contributed by atoms with Crippen LogP contribution in [0.4, 0.5) is 0 Å². The van der Waals surface area contributed by atoms with Crippen LogP contribution in [0.5, 0.6) is 0 Å². The Labute approximate surface area is 227 Å². The van der Waals surface area contributed by atoms with Gasteiger partial charge >= 0.3 is 11.9 Å². The van der Waals surface area contributed by atoms with Crippen molar-refractivity contribution in [3.63, 3.8) is 0 Å². The second-order valence-electron chi connectivity index (χ2n) is 9.43. The largest absolute Gasteiger partial charge is 0.481 e. The van der Waals surface area contributed by atoms with Crippen molar-refractivity contribution in [1.29, 1.82) is 0 Å². The molecular formula is C27H50N2O9. The Morgan fingerprint density at radius 1 is 0.605 bits per heavy atom.